The first-order chi connectivity index (χ1) is 7.03. The van der Waals surface area contributed by atoms with Crippen LogP contribution in [0, 0.1) is 0 Å². The van der Waals surface area contributed by atoms with Gasteiger partial charge in [-0.05, 0) is 13.6 Å². The molecule has 0 radical (unpaired) electrons. The maximum absolute atomic E-state index is 10.8. The molecule has 0 aromatic carbocycles. The van der Waals surface area contributed by atoms with Crippen LogP contribution in [0.25, 0.3) is 0 Å². The minimum absolute atomic E-state index is 0.0900. The van der Waals surface area contributed by atoms with Gasteiger partial charge in [-0.2, -0.15) is 0 Å². The molecule has 0 spiro atoms. The minimum atomic E-state index is -4.32. The summed E-state index contributed by atoms with van der Waals surface area (Å²) in [4.78, 5) is 37.8. The summed E-state index contributed by atoms with van der Waals surface area (Å²) in [5, 5.41) is 0. The maximum Gasteiger partial charge on any atom is 0.339 e. The molecule has 0 aliphatic rings. The Balaban J connectivity index is 4.51. The summed E-state index contributed by atoms with van der Waals surface area (Å²) in [6, 6.07) is 0. The van der Waals surface area contributed by atoms with Crippen LogP contribution in [0.3, 0.4) is 0 Å². The van der Waals surface area contributed by atoms with Gasteiger partial charge in [0.25, 0.3) is 0 Å². The molecule has 0 unspecified atom stereocenters. The van der Waals surface area contributed by atoms with Gasteiger partial charge in [0.2, 0.25) is 0 Å². The lowest BCUT2D eigenvalue weighted by Crippen LogP contribution is -2.36. The van der Waals surface area contributed by atoms with E-state index < -0.39 is 27.8 Å². The summed E-state index contributed by atoms with van der Waals surface area (Å²) < 4.78 is 21.6. The van der Waals surface area contributed by atoms with Crippen molar-refractivity contribution in [2.75, 3.05) is 32.8 Å². The SMILES string of the molecule is CCN(C)CN(CP(=O)(O)O)CP(=O)(O)O. The average Bonchev–Trinajstić information content (AvgIpc) is 1.97. The predicted molar refractivity (Wildman–Crippen MR) is 58.8 cm³/mol. The third-order valence-corrected chi connectivity index (χ3v) is 3.29. The fourth-order valence-electron chi connectivity index (χ4n) is 1.10. The zero-order chi connectivity index (χ0) is 13.0. The predicted octanol–water partition coefficient (Wildman–Crippen LogP) is -0.532. The van der Waals surface area contributed by atoms with E-state index in [9.17, 15) is 9.13 Å². The molecule has 0 fully saturated rings. The highest BCUT2D eigenvalue weighted by Crippen LogP contribution is 2.40. The lowest BCUT2D eigenvalue weighted by Gasteiger charge is -2.27. The van der Waals surface area contributed by atoms with E-state index in [0.29, 0.717) is 6.54 Å². The van der Waals surface area contributed by atoms with E-state index in [1.807, 2.05) is 6.92 Å². The molecular weight excluding hydrogens is 258 g/mol. The van der Waals surface area contributed by atoms with Crippen LogP contribution in [-0.4, -0.2) is 62.2 Å². The van der Waals surface area contributed by atoms with Gasteiger partial charge in [0.05, 0.1) is 6.67 Å². The summed E-state index contributed by atoms with van der Waals surface area (Å²) >= 11 is 0. The Kier molecular flexibility index (Phi) is 6.32. The number of nitrogens with zero attached hydrogens (tertiary/aromatic N) is 2. The highest BCUT2D eigenvalue weighted by atomic mass is 31.2. The smallest absolute Gasteiger partial charge is 0.324 e. The highest BCUT2D eigenvalue weighted by molar-refractivity contribution is 7.52. The van der Waals surface area contributed by atoms with Gasteiger partial charge in [0.1, 0.15) is 12.6 Å². The summed E-state index contributed by atoms with van der Waals surface area (Å²) in [5.74, 6) is 0. The van der Waals surface area contributed by atoms with Crippen LogP contribution in [0.4, 0.5) is 0 Å². The van der Waals surface area contributed by atoms with E-state index in [2.05, 4.69) is 0 Å². The van der Waals surface area contributed by atoms with Crippen LogP contribution >= 0.6 is 15.2 Å². The minimum Gasteiger partial charge on any atom is -0.324 e. The van der Waals surface area contributed by atoms with Gasteiger partial charge in [0, 0.05) is 0 Å². The van der Waals surface area contributed by atoms with Crippen molar-refractivity contribution in [3.05, 3.63) is 0 Å². The molecule has 0 aromatic rings. The second-order valence-corrected chi connectivity index (χ2v) is 6.82. The Hall–Kier alpha value is 0.220. The molecule has 0 aliphatic heterocycles. The Morgan fingerprint density at radius 2 is 1.38 bits per heavy atom. The fourth-order valence-corrected chi connectivity index (χ4v) is 2.68. The summed E-state index contributed by atoms with van der Waals surface area (Å²) in [5.41, 5.74) is 0. The van der Waals surface area contributed by atoms with Crippen LogP contribution in [0.1, 0.15) is 6.92 Å². The van der Waals surface area contributed by atoms with Gasteiger partial charge in [-0.25, -0.2) is 0 Å². The van der Waals surface area contributed by atoms with E-state index in [1.165, 1.54) is 0 Å². The molecule has 0 saturated heterocycles. The second kappa shape index (κ2) is 6.23. The molecule has 0 atom stereocenters. The largest absolute Gasteiger partial charge is 0.339 e. The molecule has 4 N–H and O–H groups in total. The fraction of sp³-hybridized carbons (Fsp3) is 1.00. The van der Waals surface area contributed by atoms with Crippen LogP contribution < -0.4 is 0 Å². The molecule has 8 nitrogen and oxygen atoms in total. The molecule has 98 valence electrons. The van der Waals surface area contributed by atoms with Crippen molar-refractivity contribution in [2.45, 2.75) is 6.92 Å². The normalized spacial score (nSPS) is 13.8. The molecule has 0 aliphatic carbocycles. The molecule has 0 rings (SSSR count). The molecule has 10 heteroatoms. The van der Waals surface area contributed by atoms with Crippen molar-refractivity contribution in [2.24, 2.45) is 0 Å². The Morgan fingerprint density at radius 3 is 1.62 bits per heavy atom. The Labute approximate surface area is 94.2 Å². The number of rotatable bonds is 7. The first-order valence-electron chi connectivity index (χ1n) is 4.53. The lowest BCUT2D eigenvalue weighted by molar-refractivity contribution is 0.180. The quantitative estimate of drug-likeness (QED) is 0.361. The third kappa shape index (κ3) is 9.45. The molecule has 16 heavy (non-hydrogen) atoms. The number of hydrogen-bond donors (Lipinski definition) is 4. The van der Waals surface area contributed by atoms with Crippen molar-refractivity contribution in [1.29, 1.82) is 0 Å². The van der Waals surface area contributed by atoms with Gasteiger partial charge in [0.15, 0.2) is 0 Å². The van der Waals surface area contributed by atoms with Crippen molar-refractivity contribution >= 4 is 15.2 Å². The van der Waals surface area contributed by atoms with E-state index in [4.69, 9.17) is 19.6 Å². The Bertz CT molecular complexity index is 275. The van der Waals surface area contributed by atoms with Crippen LogP contribution in [-0.2, 0) is 9.13 Å². The van der Waals surface area contributed by atoms with Gasteiger partial charge < -0.3 is 19.6 Å². The zero-order valence-electron chi connectivity index (χ0n) is 9.22. The lowest BCUT2D eigenvalue weighted by atomic mass is 10.6. The highest BCUT2D eigenvalue weighted by Gasteiger charge is 2.26. The molecular formula is C6H18N2O6P2. The first kappa shape index (κ1) is 16.2. The van der Waals surface area contributed by atoms with Crippen molar-refractivity contribution in [1.82, 2.24) is 9.80 Å². The van der Waals surface area contributed by atoms with Crippen LogP contribution in [0.2, 0.25) is 0 Å². The molecule has 0 saturated carbocycles. The molecule has 0 bridgehead atoms. The van der Waals surface area contributed by atoms with Crippen molar-refractivity contribution in [3.8, 4) is 0 Å². The maximum atomic E-state index is 10.8. The molecule has 0 amide bonds. The van der Waals surface area contributed by atoms with Gasteiger partial charge in [-0.1, -0.05) is 6.92 Å². The van der Waals surface area contributed by atoms with E-state index >= 15 is 0 Å². The molecule has 0 heterocycles. The third-order valence-electron chi connectivity index (χ3n) is 1.75. The van der Waals surface area contributed by atoms with Gasteiger partial charge >= 0.3 is 15.2 Å². The van der Waals surface area contributed by atoms with E-state index in [1.54, 1.807) is 11.9 Å². The Morgan fingerprint density at radius 1 is 1.00 bits per heavy atom. The van der Waals surface area contributed by atoms with Gasteiger partial charge in [-0.3, -0.25) is 18.9 Å². The number of hydrogen-bond acceptors (Lipinski definition) is 4. The van der Waals surface area contributed by atoms with Gasteiger partial charge in [-0.15, -0.1) is 0 Å². The second-order valence-electron chi connectivity index (χ2n) is 3.60. The topological polar surface area (TPSA) is 122 Å². The monoisotopic (exact) mass is 276 g/mol. The molecule has 0 aromatic heterocycles. The van der Waals surface area contributed by atoms with E-state index in [-0.39, 0.29) is 6.67 Å². The average molecular weight is 276 g/mol. The van der Waals surface area contributed by atoms with Crippen molar-refractivity contribution in [3.63, 3.8) is 0 Å². The van der Waals surface area contributed by atoms with E-state index in [0.717, 1.165) is 4.90 Å². The van der Waals surface area contributed by atoms with Crippen molar-refractivity contribution < 1.29 is 28.7 Å². The first-order valence-corrected chi connectivity index (χ1v) is 8.13. The summed E-state index contributed by atoms with van der Waals surface area (Å²) in [6.45, 7) is 2.53. The standard InChI is InChI=1S/C6H18N2O6P2/c1-3-7(2)4-8(5-15(9,10)11)6-16(12,13)14/h3-6H2,1-2H3,(H2,9,10,11)(H2,12,13,14). The summed E-state index contributed by atoms with van der Waals surface area (Å²) in [6.07, 6.45) is -1.33. The van der Waals surface area contributed by atoms with Crippen LogP contribution in [0.5, 0.6) is 0 Å². The summed E-state index contributed by atoms with van der Waals surface area (Å²) in [7, 11) is -6.95. The van der Waals surface area contributed by atoms with Crippen LogP contribution in [0.15, 0.2) is 0 Å². The zero-order valence-corrected chi connectivity index (χ0v) is 11.0.